The number of hydrogen-bond acceptors (Lipinski definition) is 6. The van der Waals surface area contributed by atoms with Crippen molar-refractivity contribution >= 4 is 17.7 Å². The highest BCUT2D eigenvalue weighted by atomic mass is 16.2. The summed E-state index contributed by atoms with van der Waals surface area (Å²) in [4.78, 5) is 28.1. The maximum atomic E-state index is 12.4. The van der Waals surface area contributed by atoms with E-state index in [4.69, 9.17) is 0 Å². The van der Waals surface area contributed by atoms with Crippen LogP contribution in [0.25, 0.3) is 0 Å². The van der Waals surface area contributed by atoms with Crippen molar-refractivity contribution in [2.75, 3.05) is 62.6 Å². The Kier molecular flexibility index (Phi) is 6.07. The molecule has 3 rings (SSSR count). The highest BCUT2D eigenvalue weighted by Crippen LogP contribution is 2.16. The van der Waals surface area contributed by atoms with Crippen molar-refractivity contribution in [3.63, 3.8) is 0 Å². The Bertz CT molecular complexity index is 579. The molecule has 0 unspecified atom stereocenters. The lowest BCUT2D eigenvalue weighted by Crippen LogP contribution is -2.51. The number of piperidine rings is 1. The van der Waals surface area contributed by atoms with Crippen molar-refractivity contribution in [2.45, 2.75) is 33.1 Å². The van der Waals surface area contributed by atoms with Crippen LogP contribution in [0, 0.1) is 6.92 Å². The van der Waals surface area contributed by atoms with Crippen molar-refractivity contribution < 1.29 is 4.79 Å². The Morgan fingerprint density at radius 2 is 1.80 bits per heavy atom. The Hall–Kier alpha value is -1.89. The minimum Gasteiger partial charge on any atom is -0.370 e. The molecule has 1 aromatic heterocycles. The summed E-state index contributed by atoms with van der Waals surface area (Å²) in [6, 6.07) is 1.97. The quantitative estimate of drug-likeness (QED) is 0.868. The number of anilines is 2. The molecule has 0 bridgehead atoms. The Morgan fingerprint density at radius 1 is 1.08 bits per heavy atom. The lowest BCUT2D eigenvalue weighted by Gasteiger charge is -2.36. The number of likely N-dealkylation sites (tertiary alicyclic amines) is 1. The topological polar surface area (TPSA) is 64.6 Å². The molecule has 2 aliphatic rings. The van der Waals surface area contributed by atoms with E-state index in [2.05, 4.69) is 32.0 Å². The summed E-state index contributed by atoms with van der Waals surface area (Å²) in [5.74, 6) is 1.96. The Morgan fingerprint density at radius 3 is 2.48 bits per heavy atom. The van der Waals surface area contributed by atoms with Gasteiger partial charge in [-0.1, -0.05) is 0 Å². The lowest BCUT2D eigenvalue weighted by atomic mass is 10.1. The fourth-order valence-electron chi connectivity index (χ4n) is 3.51. The summed E-state index contributed by atoms with van der Waals surface area (Å²) in [5.41, 5.74) is 0.976. The lowest BCUT2D eigenvalue weighted by molar-refractivity contribution is -0.133. The summed E-state index contributed by atoms with van der Waals surface area (Å²) in [7, 11) is 0. The van der Waals surface area contributed by atoms with Crippen LogP contribution >= 0.6 is 0 Å². The third kappa shape index (κ3) is 4.81. The Labute approximate surface area is 150 Å². The van der Waals surface area contributed by atoms with Gasteiger partial charge in [0.05, 0.1) is 6.54 Å². The molecule has 3 heterocycles. The largest absolute Gasteiger partial charge is 0.370 e. The van der Waals surface area contributed by atoms with Gasteiger partial charge in [0.25, 0.3) is 0 Å². The summed E-state index contributed by atoms with van der Waals surface area (Å²) in [6.07, 6.45) is 3.56. The molecule has 7 nitrogen and oxygen atoms in total. The zero-order chi connectivity index (χ0) is 17.6. The van der Waals surface area contributed by atoms with E-state index in [9.17, 15) is 4.79 Å². The molecule has 0 saturated carbocycles. The third-order valence-corrected chi connectivity index (χ3v) is 4.92. The van der Waals surface area contributed by atoms with Crippen LogP contribution in [0.3, 0.4) is 0 Å². The molecule has 2 fully saturated rings. The van der Waals surface area contributed by atoms with Crippen LogP contribution in [0.1, 0.15) is 31.9 Å². The molecular formula is C18H30N6O. The summed E-state index contributed by atoms with van der Waals surface area (Å²) >= 11 is 0. The second-order valence-corrected chi connectivity index (χ2v) is 6.93. The average molecular weight is 346 g/mol. The molecular weight excluding hydrogens is 316 g/mol. The molecule has 0 aromatic carbocycles. The van der Waals surface area contributed by atoms with Gasteiger partial charge in [0.1, 0.15) is 5.82 Å². The molecule has 0 atom stereocenters. The minimum atomic E-state index is 0.286. The molecule has 2 aliphatic heterocycles. The maximum Gasteiger partial charge on any atom is 0.236 e. The van der Waals surface area contributed by atoms with E-state index >= 15 is 0 Å². The van der Waals surface area contributed by atoms with Gasteiger partial charge in [-0.3, -0.25) is 9.69 Å². The minimum absolute atomic E-state index is 0.286. The molecule has 1 aromatic rings. The van der Waals surface area contributed by atoms with Crippen LogP contribution in [-0.4, -0.2) is 78.0 Å². The van der Waals surface area contributed by atoms with Gasteiger partial charge in [0, 0.05) is 57.6 Å². The van der Waals surface area contributed by atoms with Crippen LogP contribution in [0.5, 0.6) is 0 Å². The van der Waals surface area contributed by atoms with E-state index in [1.807, 2.05) is 17.9 Å². The number of aromatic nitrogens is 2. The van der Waals surface area contributed by atoms with Crippen LogP contribution in [-0.2, 0) is 4.79 Å². The monoisotopic (exact) mass is 346 g/mol. The molecule has 0 aliphatic carbocycles. The number of carbonyl (C=O) groups excluding carboxylic acids is 1. The van der Waals surface area contributed by atoms with Crippen molar-refractivity contribution in [1.82, 2.24) is 19.8 Å². The zero-order valence-corrected chi connectivity index (χ0v) is 15.5. The van der Waals surface area contributed by atoms with Gasteiger partial charge < -0.3 is 15.1 Å². The average Bonchev–Trinajstić information content (AvgIpc) is 2.63. The van der Waals surface area contributed by atoms with E-state index in [0.717, 1.165) is 76.1 Å². The number of nitrogens with one attached hydrogen (secondary N) is 1. The number of hydrogen-bond donors (Lipinski definition) is 1. The van der Waals surface area contributed by atoms with Crippen LogP contribution in [0.2, 0.25) is 0 Å². The van der Waals surface area contributed by atoms with E-state index < -0.39 is 0 Å². The first-order valence-electron chi connectivity index (χ1n) is 9.50. The molecule has 1 amide bonds. The van der Waals surface area contributed by atoms with Crippen molar-refractivity contribution in [1.29, 1.82) is 0 Å². The summed E-state index contributed by atoms with van der Waals surface area (Å²) < 4.78 is 0. The van der Waals surface area contributed by atoms with E-state index in [1.54, 1.807) is 0 Å². The molecule has 25 heavy (non-hydrogen) atoms. The van der Waals surface area contributed by atoms with Gasteiger partial charge in [0.2, 0.25) is 11.9 Å². The first-order chi connectivity index (χ1) is 12.2. The smallest absolute Gasteiger partial charge is 0.236 e. The Balaban J connectivity index is 1.52. The molecule has 0 spiro atoms. The second kappa shape index (κ2) is 8.47. The van der Waals surface area contributed by atoms with Crippen LogP contribution in [0.15, 0.2) is 6.07 Å². The predicted octanol–water partition coefficient (Wildman–Crippen LogP) is 1.35. The van der Waals surface area contributed by atoms with Gasteiger partial charge in [-0.15, -0.1) is 0 Å². The normalized spacial score (nSPS) is 19.1. The number of amides is 1. The van der Waals surface area contributed by atoms with Gasteiger partial charge in [-0.25, -0.2) is 4.98 Å². The van der Waals surface area contributed by atoms with Gasteiger partial charge in [0.15, 0.2) is 0 Å². The summed E-state index contributed by atoms with van der Waals surface area (Å²) in [5, 5.41) is 3.26. The molecule has 138 valence electrons. The van der Waals surface area contributed by atoms with Crippen molar-refractivity contribution in [3.05, 3.63) is 11.8 Å². The molecule has 1 N–H and O–H groups in total. The number of piperazine rings is 1. The first kappa shape index (κ1) is 17.9. The number of carbonyl (C=O) groups is 1. The van der Waals surface area contributed by atoms with Gasteiger partial charge in [-0.05, 0) is 33.1 Å². The van der Waals surface area contributed by atoms with Crippen LogP contribution in [0.4, 0.5) is 11.8 Å². The SMILES string of the molecule is CCNc1cc(C)nc(N2CCN(CC(=O)N3CCCCC3)CC2)n1. The van der Waals surface area contributed by atoms with Gasteiger partial charge >= 0.3 is 0 Å². The zero-order valence-electron chi connectivity index (χ0n) is 15.5. The fourth-order valence-corrected chi connectivity index (χ4v) is 3.51. The molecule has 2 saturated heterocycles. The molecule has 7 heteroatoms. The number of nitrogens with zero attached hydrogens (tertiary/aromatic N) is 5. The number of rotatable bonds is 5. The van der Waals surface area contributed by atoms with Crippen molar-refractivity contribution in [3.8, 4) is 0 Å². The van der Waals surface area contributed by atoms with E-state index in [0.29, 0.717) is 6.54 Å². The third-order valence-electron chi connectivity index (χ3n) is 4.92. The predicted molar refractivity (Wildman–Crippen MR) is 100 cm³/mol. The van der Waals surface area contributed by atoms with E-state index in [1.165, 1.54) is 6.42 Å². The molecule has 0 radical (unpaired) electrons. The fraction of sp³-hybridized carbons (Fsp3) is 0.722. The second-order valence-electron chi connectivity index (χ2n) is 6.93. The first-order valence-corrected chi connectivity index (χ1v) is 9.50. The van der Waals surface area contributed by atoms with Crippen LogP contribution < -0.4 is 10.2 Å². The standard InChI is InChI=1S/C18H30N6O/c1-3-19-16-13-15(2)20-18(21-16)24-11-9-22(10-12-24)14-17(25)23-7-5-4-6-8-23/h13H,3-12,14H2,1-2H3,(H,19,20,21). The van der Waals surface area contributed by atoms with E-state index in [-0.39, 0.29) is 5.91 Å². The van der Waals surface area contributed by atoms with Gasteiger partial charge in [-0.2, -0.15) is 4.98 Å². The highest BCUT2D eigenvalue weighted by Gasteiger charge is 2.24. The summed E-state index contributed by atoms with van der Waals surface area (Å²) in [6.45, 7) is 10.8. The van der Waals surface area contributed by atoms with Crippen molar-refractivity contribution in [2.24, 2.45) is 0 Å². The highest BCUT2D eigenvalue weighted by molar-refractivity contribution is 5.78. The maximum absolute atomic E-state index is 12.4. The number of aryl methyl sites for hydroxylation is 1.